The van der Waals surface area contributed by atoms with Crippen molar-refractivity contribution in [3.8, 4) is 0 Å². The van der Waals surface area contributed by atoms with Gasteiger partial charge < -0.3 is 6.15 Å². The maximum absolute atomic E-state index is 8.67. The van der Waals surface area contributed by atoms with E-state index >= 15 is 0 Å². The molecule has 6 heteroatoms. The van der Waals surface area contributed by atoms with Crippen LogP contribution < -0.4 is 6.15 Å². The third-order valence-electron chi connectivity index (χ3n) is 0. The van der Waals surface area contributed by atoms with Gasteiger partial charge in [-0.25, -0.2) is 0 Å². The molecule has 0 fully saturated rings. The maximum Gasteiger partial charge on any atom is 0.299 e. The molecule has 0 spiro atoms. The first-order valence-corrected chi connectivity index (χ1v) is 1.60. The number of rotatable bonds is 0. The van der Waals surface area contributed by atoms with Crippen molar-refractivity contribution in [3.63, 3.8) is 0 Å². The molecule has 0 aromatic rings. The van der Waals surface area contributed by atoms with Crippen LogP contribution in [0.4, 0.5) is 0 Å². The Morgan fingerprint density at radius 1 is 1.33 bits per heavy atom. The van der Waals surface area contributed by atoms with E-state index in [2.05, 4.69) is 0 Å². The van der Waals surface area contributed by atoms with E-state index in [-0.39, 0.29) is 25.6 Å². The third-order valence-corrected chi connectivity index (χ3v) is 0. The molecule has 0 atom stereocenters. The molecule has 5 N–H and O–H groups in total. The van der Waals surface area contributed by atoms with Gasteiger partial charge in [-0.2, -0.15) is 4.21 Å². The second kappa shape index (κ2) is 9.17. The second-order valence-corrected chi connectivity index (χ2v) is 0.692. The van der Waals surface area contributed by atoms with Gasteiger partial charge in [-0.05, 0) is 0 Å². The van der Waals surface area contributed by atoms with Crippen molar-refractivity contribution < 1.29 is 32.8 Å². The van der Waals surface area contributed by atoms with Crippen LogP contribution in [0.3, 0.4) is 0 Å². The van der Waals surface area contributed by atoms with Gasteiger partial charge in [-0.15, -0.1) is 0 Å². The van der Waals surface area contributed by atoms with E-state index < -0.39 is 11.4 Å². The summed E-state index contributed by atoms with van der Waals surface area (Å²) in [7, 11) is 0. The van der Waals surface area contributed by atoms with Gasteiger partial charge in [0, 0.05) is 19.5 Å². The molecule has 6 heavy (non-hydrogen) atoms. The van der Waals surface area contributed by atoms with E-state index in [1.165, 1.54) is 0 Å². The van der Waals surface area contributed by atoms with Crippen LogP contribution in [-0.2, 0) is 30.8 Å². The van der Waals surface area contributed by atoms with Gasteiger partial charge in [0.05, 0.1) is 0 Å². The minimum absolute atomic E-state index is 0. The van der Waals surface area contributed by atoms with Crippen LogP contribution in [0.5, 0.6) is 0 Å². The fourth-order valence-electron chi connectivity index (χ4n) is 0. The van der Waals surface area contributed by atoms with Crippen molar-refractivity contribution in [2.45, 2.75) is 0 Å². The summed E-state index contributed by atoms with van der Waals surface area (Å²) >= 11 is -2.61. The standard InChI is InChI=1S/H3N.H2O3S.Zn/c;1-4(2)3;/h1H3;(H2,1,2,3);. The molecule has 0 amide bonds. The molecule has 0 saturated carbocycles. The van der Waals surface area contributed by atoms with Gasteiger partial charge in [0.2, 0.25) is 0 Å². The van der Waals surface area contributed by atoms with Crippen molar-refractivity contribution in [3.05, 3.63) is 0 Å². The molecule has 0 heterocycles. The molecule has 0 unspecified atom stereocenters. The van der Waals surface area contributed by atoms with E-state index in [4.69, 9.17) is 13.3 Å². The largest absolute Gasteiger partial charge is 0.344 e. The van der Waals surface area contributed by atoms with Crippen molar-refractivity contribution in [1.82, 2.24) is 6.15 Å². The van der Waals surface area contributed by atoms with Gasteiger partial charge in [0.15, 0.2) is 0 Å². The fraction of sp³-hybridized carbons (Fsp3) is 0. The molecule has 0 rings (SSSR count). The van der Waals surface area contributed by atoms with Crippen molar-refractivity contribution >= 4 is 11.4 Å². The minimum atomic E-state index is -2.61. The molecular formula is H5NO3SZn. The first-order valence-electron chi connectivity index (χ1n) is 0.532. The molecule has 0 aromatic heterocycles. The van der Waals surface area contributed by atoms with Gasteiger partial charge in [0.1, 0.15) is 0 Å². The Hall–Kier alpha value is 0.653. The zero-order valence-corrected chi connectivity index (χ0v) is 6.91. The molecule has 36 valence electrons. The van der Waals surface area contributed by atoms with Crippen LogP contribution in [0.25, 0.3) is 0 Å². The first-order chi connectivity index (χ1) is 1.73. The molecule has 0 aliphatic carbocycles. The smallest absolute Gasteiger partial charge is 0.299 e. The van der Waals surface area contributed by atoms with Crippen LogP contribution in [0.1, 0.15) is 0 Å². The van der Waals surface area contributed by atoms with E-state index in [9.17, 15) is 0 Å². The predicted octanol–water partition coefficient (Wildman–Crippen LogP) is -0.159. The summed E-state index contributed by atoms with van der Waals surface area (Å²) in [5, 5.41) is 0. The molecule has 0 aromatic carbocycles. The topological polar surface area (TPSA) is 92.5 Å². The zero-order chi connectivity index (χ0) is 3.58. The second-order valence-electron chi connectivity index (χ2n) is 0.231. The predicted molar refractivity (Wildman–Crippen MR) is 18.4 cm³/mol. The van der Waals surface area contributed by atoms with Crippen LogP contribution >= 0.6 is 0 Å². The monoisotopic (exact) mass is 163 g/mol. The summed E-state index contributed by atoms with van der Waals surface area (Å²) < 4.78 is 22.8. The Balaban J connectivity index is -0.0000000450. The van der Waals surface area contributed by atoms with Gasteiger partial charge >= 0.3 is 0 Å². The van der Waals surface area contributed by atoms with E-state index in [1.807, 2.05) is 0 Å². The van der Waals surface area contributed by atoms with Gasteiger partial charge in [-0.1, -0.05) is 0 Å². The number of hydrogen-bond acceptors (Lipinski definition) is 2. The van der Waals surface area contributed by atoms with Crippen molar-refractivity contribution in [2.24, 2.45) is 0 Å². The fourth-order valence-corrected chi connectivity index (χ4v) is 0. The molecule has 4 nitrogen and oxygen atoms in total. The summed E-state index contributed by atoms with van der Waals surface area (Å²) in [4.78, 5) is 0. The third kappa shape index (κ3) is 145. The maximum atomic E-state index is 8.67. The average Bonchev–Trinajstić information content (AvgIpc) is 0.811. The summed E-state index contributed by atoms with van der Waals surface area (Å²) in [6.07, 6.45) is 0. The van der Waals surface area contributed by atoms with E-state index in [0.717, 1.165) is 0 Å². The Morgan fingerprint density at radius 2 is 1.33 bits per heavy atom. The summed E-state index contributed by atoms with van der Waals surface area (Å²) in [6.45, 7) is 0. The van der Waals surface area contributed by atoms with Crippen molar-refractivity contribution in [1.29, 1.82) is 0 Å². The van der Waals surface area contributed by atoms with Crippen LogP contribution in [-0.4, -0.2) is 13.3 Å². The normalized spacial score (nSPS) is 5.83. The molecular weight excluding hydrogens is 159 g/mol. The molecule has 0 aliphatic heterocycles. The average molecular weight is 165 g/mol. The molecule has 0 radical (unpaired) electrons. The quantitative estimate of drug-likeness (QED) is 0.343. The Bertz CT molecular complexity index is 33.8. The van der Waals surface area contributed by atoms with E-state index in [1.54, 1.807) is 0 Å². The summed E-state index contributed by atoms with van der Waals surface area (Å²) in [6, 6.07) is 0. The Morgan fingerprint density at radius 3 is 1.33 bits per heavy atom. The Labute approximate surface area is 50.8 Å². The number of hydrogen-bond donors (Lipinski definition) is 3. The van der Waals surface area contributed by atoms with Crippen LogP contribution in [0.15, 0.2) is 0 Å². The molecule has 0 aliphatic rings. The molecule has 0 saturated heterocycles. The van der Waals surface area contributed by atoms with Gasteiger partial charge in [-0.3, -0.25) is 9.11 Å². The SMILES string of the molecule is N.O=S(O)O.[Zn]. The summed E-state index contributed by atoms with van der Waals surface area (Å²) in [5.74, 6) is 0. The van der Waals surface area contributed by atoms with Crippen molar-refractivity contribution in [2.75, 3.05) is 0 Å². The first kappa shape index (κ1) is 15.9. The summed E-state index contributed by atoms with van der Waals surface area (Å²) in [5.41, 5.74) is 0. The van der Waals surface area contributed by atoms with E-state index in [0.29, 0.717) is 0 Å². The Kier molecular flexibility index (Phi) is 24.4. The van der Waals surface area contributed by atoms with Crippen LogP contribution in [0, 0.1) is 0 Å². The molecule has 0 bridgehead atoms. The minimum Gasteiger partial charge on any atom is -0.344 e. The van der Waals surface area contributed by atoms with Crippen LogP contribution in [0.2, 0.25) is 0 Å². The van der Waals surface area contributed by atoms with Gasteiger partial charge in [0.25, 0.3) is 11.4 Å². The zero-order valence-electron chi connectivity index (χ0n) is 3.13.